The number of fused-ring (bicyclic) bond motifs is 1. The molecule has 0 bridgehead atoms. The van der Waals surface area contributed by atoms with Gasteiger partial charge in [0.1, 0.15) is 23.7 Å². The van der Waals surface area contributed by atoms with Crippen LogP contribution in [0, 0.1) is 5.92 Å². The van der Waals surface area contributed by atoms with Crippen LogP contribution in [0.3, 0.4) is 0 Å². The van der Waals surface area contributed by atoms with Crippen molar-refractivity contribution in [3.63, 3.8) is 0 Å². The third kappa shape index (κ3) is 6.32. The summed E-state index contributed by atoms with van der Waals surface area (Å²) < 4.78 is 12.5. The highest BCUT2D eigenvalue weighted by Gasteiger charge is 2.24. The van der Waals surface area contributed by atoms with E-state index in [1.165, 1.54) is 48.0 Å². The number of amides is 1. The average molecular weight is 617 g/mol. The number of nitrogens with zero attached hydrogens (tertiary/aromatic N) is 2. The number of thiazole rings is 1. The van der Waals surface area contributed by atoms with Crippen molar-refractivity contribution in [2.24, 2.45) is 5.92 Å². The lowest BCUT2D eigenvalue weighted by Gasteiger charge is -2.21. The van der Waals surface area contributed by atoms with E-state index in [1.54, 1.807) is 50.6 Å². The summed E-state index contributed by atoms with van der Waals surface area (Å²) in [6, 6.07) is 10.4. The second-order valence-electron chi connectivity index (χ2n) is 10.2. The number of carbonyl (C=O) groups is 2. The molecule has 5 rings (SSSR count). The third-order valence-corrected chi connectivity index (χ3v) is 9.18. The van der Waals surface area contributed by atoms with Crippen LogP contribution in [0.4, 0.5) is 5.13 Å². The predicted molar refractivity (Wildman–Crippen MR) is 163 cm³/mol. The summed E-state index contributed by atoms with van der Waals surface area (Å²) in [6.07, 6.45) is 8.11. The first-order chi connectivity index (χ1) is 19.8. The number of carbonyl (C=O) groups excluding carboxylic acids is 1. The molecule has 41 heavy (non-hydrogen) atoms. The highest BCUT2D eigenvalue weighted by molar-refractivity contribution is 7.16. The number of benzene rings is 2. The van der Waals surface area contributed by atoms with Gasteiger partial charge >= 0.3 is 5.97 Å². The van der Waals surface area contributed by atoms with E-state index in [0.29, 0.717) is 49.2 Å². The third-order valence-electron chi connectivity index (χ3n) is 7.55. The van der Waals surface area contributed by atoms with E-state index in [0.717, 1.165) is 23.3 Å². The predicted octanol–water partition coefficient (Wildman–Crippen LogP) is 7.94. The number of aryl methyl sites for hydroxylation is 1. The van der Waals surface area contributed by atoms with Crippen LogP contribution in [-0.4, -0.2) is 40.8 Å². The Hall–Kier alpha value is -3.27. The van der Waals surface area contributed by atoms with Crippen molar-refractivity contribution in [3.8, 4) is 22.8 Å². The summed E-state index contributed by atoms with van der Waals surface area (Å²) in [4.78, 5) is 31.1. The molecule has 1 aliphatic rings. The first-order valence-electron chi connectivity index (χ1n) is 13.5. The number of aromatic nitrogens is 2. The Morgan fingerprint density at radius 3 is 2.54 bits per heavy atom. The molecule has 2 N–H and O–H groups in total. The minimum absolute atomic E-state index is 0.182. The summed E-state index contributed by atoms with van der Waals surface area (Å²) in [5.74, 6) is 0.151. The molecule has 0 aliphatic heterocycles. The summed E-state index contributed by atoms with van der Waals surface area (Å²) in [6.45, 7) is -0.409. The van der Waals surface area contributed by atoms with Gasteiger partial charge in [-0.15, -0.1) is 11.3 Å². The number of methoxy groups -OCH3 is 2. The van der Waals surface area contributed by atoms with E-state index in [-0.39, 0.29) is 5.69 Å². The van der Waals surface area contributed by atoms with Crippen LogP contribution in [0.5, 0.6) is 11.5 Å². The molecule has 1 fully saturated rings. The van der Waals surface area contributed by atoms with Crippen molar-refractivity contribution >= 4 is 62.4 Å². The molecule has 1 aliphatic carbocycles. The molecule has 0 atom stereocenters. The summed E-state index contributed by atoms with van der Waals surface area (Å²) in [5.41, 5.74) is 2.09. The number of carboxylic acids is 1. The van der Waals surface area contributed by atoms with Gasteiger partial charge in [-0.1, -0.05) is 67.4 Å². The van der Waals surface area contributed by atoms with E-state index in [2.05, 4.69) is 5.32 Å². The zero-order chi connectivity index (χ0) is 29.1. The Morgan fingerprint density at radius 2 is 1.83 bits per heavy atom. The van der Waals surface area contributed by atoms with Gasteiger partial charge in [-0.25, -0.2) is 4.98 Å². The zero-order valence-electron chi connectivity index (χ0n) is 22.8. The summed E-state index contributed by atoms with van der Waals surface area (Å²) in [7, 11) is 3.13. The number of nitrogens with one attached hydrogen (secondary N) is 1. The highest BCUT2D eigenvalue weighted by Crippen LogP contribution is 2.43. The van der Waals surface area contributed by atoms with Crippen LogP contribution in [0.2, 0.25) is 10.0 Å². The number of anilines is 1. The molecular weight excluding hydrogens is 585 g/mol. The van der Waals surface area contributed by atoms with Gasteiger partial charge in [0.2, 0.25) is 0 Å². The van der Waals surface area contributed by atoms with E-state index in [4.69, 9.17) is 37.7 Å². The summed E-state index contributed by atoms with van der Waals surface area (Å²) >= 11 is 14.2. The lowest BCUT2D eigenvalue weighted by molar-refractivity contribution is -0.137. The number of aliphatic carboxylic acids is 1. The van der Waals surface area contributed by atoms with Crippen LogP contribution in [0.15, 0.2) is 36.4 Å². The second kappa shape index (κ2) is 12.7. The van der Waals surface area contributed by atoms with Crippen LogP contribution in [0.25, 0.3) is 22.2 Å². The number of halogens is 2. The molecule has 2 aromatic heterocycles. The molecule has 8 nitrogen and oxygen atoms in total. The number of rotatable bonds is 10. The molecule has 2 aromatic carbocycles. The van der Waals surface area contributed by atoms with Gasteiger partial charge in [0, 0.05) is 21.9 Å². The molecule has 216 valence electrons. The lowest BCUT2D eigenvalue weighted by atomic mass is 9.86. The first kappa shape index (κ1) is 29.2. The van der Waals surface area contributed by atoms with Gasteiger partial charge in [-0.3, -0.25) is 14.9 Å². The van der Waals surface area contributed by atoms with Crippen LogP contribution < -0.4 is 14.8 Å². The summed E-state index contributed by atoms with van der Waals surface area (Å²) in [5, 5.41) is 14.3. The monoisotopic (exact) mass is 615 g/mol. The van der Waals surface area contributed by atoms with Crippen molar-refractivity contribution in [1.82, 2.24) is 9.55 Å². The Morgan fingerprint density at radius 1 is 1.07 bits per heavy atom. The second-order valence-corrected chi connectivity index (χ2v) is 12.1. The van der Waals surface area contributed by atoms with E-state index in [9.17, 15) is 14.7 Å². The van der Waals surface area contributed by atoms with Crippen molar-refractivity contribution in [2.75, 3.05) is 19.5 Å². The van der Waals surface area contributed by atoms with Crippen molar-refractivity contribution in [2.45, 2.75) is 51.5 Å². The first-order valence-corrected chi connectivity index (χ1v) is 15.1. The number of ether oxygens (including phenoxy) is 2. The Bertz CT molecular complexity index is 1590. The molecule has 0 unspecified atom stereocenters. The fourth-order valence-electron chi connectivity index (χ4n) is 5.57. The van der Waals surface area contributed by atoms with Gasteiger partial charge in [0.05, 0.1) is 35.5 Å². The van der Waals surface area contributed by atoms with Gasteiger partial charge in [-0.05, 0) is 37.0 Å². The number of hydrogen-bond donors (Lipinski definition) is 2. The van der Waals surface area contributed by atoms with Crippen LogP contribution >= 0.6 is 34.5 Å². The quantitative estimate of drug-likeness (QED) is 0.188. The molecule has 0 spiro atoms. The van der Waals surface area contributed by atoms with Gasteiger partial charge in [0.15, 0.2) is 5.13 Å². The highest BCUT2D eigenvalue weighted by atomic mass is 35.5. The average Bonchev–Trinajstić information content (AvgIpc) is 3.53. The molecule has 1 saturated carbocycles. The smallest absolute Gasteiger partial charge is 0.323 e. The Kier molecular flexibility index (Phi) is 9.06. The van der Waals surface area contributed by atoms with Crippen LogP contribution in [-0.2, 0) is 17.8 Å². The van der Waals surface area contributed by atoms with Crippen molar-refractivity contribution in [3.05, 3.63) is 57.0 Å². The normalized spacial score (nSPS) is 13.9. The maximum atomic E-state index is 13.6. The molecule has 2 heterocycles. The maximum Gasteiger partial charge on any atom is 0.323 e. The van der Waals surface area contributed by atoms with E-state index in [1.807, 2.05) is 0 Å². The topological polar surface area (TPSA) is 103 Å². The zero-order valence-corrected chi connectivity index (χ0v) is 25.2. The van der Waals surface area contributed by atoms with Gasteiger partial charge in [0.25, 0.3) is 5.91 Å². The molecule has 1 amide bonds. The standard InChI is InChI=1S/C30H31Cl2N3O5S/c1-39-23-15-21(32)24(40-2)14-19(23)27-25(12-11-17-7-4-3-5-8-17)41-30(33-27)34-29(38)22-13-18-9-6-10-20(31)28(18)35(22)16-26(36)37/h6,9-10,13-15,17H,3-5,7-8,11-12,16H2,1-2H3,(H,36,37)(H,33,34,38). The molecule has 4 aromatic rings. The largest absolute Gasteiger partial charge is 0.496 e. The van der Waals surface area contributed by atoms with Crippen LogP contribution in [0.1, 0.15) is 53.9 Å². The SMILES string of the molecule is COc1cc(-c2nc(NC(=O)c3cc4cccc(Cl)c4n3CC(=O)O)sc2CCC2CCCCC2)c(OC)cc1Cl. The van der Waals surface area contributed by atoms with Gasteiger partial charge in [-0.2, -0.15) is 0 Å². The molecule has 0 saturated heterocycles. The number of para-hydroxylation sites is 1. The van der Waals surface area contributed by atoms with E-state index < -0.39 is 18.4 Å². The minimum Gasteiger partial charge on any atom is -0.496 e. The number of carboxylic acid groups (broad SMARTS) is 1. The lowest BCUT2D eigenvalue weighted by Crippen LogP contribution is -2.19. The van der Waals surface area contributed by atoms with E-state index >= 15 is 0 Å². The fourth-order valence-corrected chi connectivity index (χ4v) is 7.07. The minimum atomic E-state index is -1.08. The number of hydrogen-bond acceptors (Lipinski definition) is 6. The Balaban J connectivity index is 1.52. The maximum absolute atomic E-state index is 13.6. The Labute approximate surface area is 252 Å². The fraction of sp³-hybridized carbons (Fsp3) is 0.367. The van der Waals surface area contributed by atoms with Crippen molar-refractivity contribution < 1.29 is 24.2 Å². The molecular formula is C30H31Cl2N3O5S. The van der Waals surface area contributed by atoms with Crippen molar-refractivity contribution in [1.29, 1.82) is 0 Å². The van der Waals surface area contributed by atoms with Gasteiger partial charge < -0.3 is 19.1 Å². The molecule has 0 radical (unpaired) electrons. The molecule has 11 heteroatoms.